The second-order valence-corrected chi connectivity index (χ2v) is 4.83. The molecule has 1 aromatic carbocycles. The number of nitrogens with zero attached hydrogens (tertiary/aromatic N) is 2. The molecule has 0 aliphatic heterocycles. The van der Waals surface area contributed by atoms with Gasteiger partial charge in [0.2, 0.25) is 5.88 Å². The number of aromatic nitrogens is 1. The SMILES string of the molecule is COc1ccc(N)c(NCCCN(C)c2ccccc2)n1. The lowest BCUT2D eigenvalue weighted by Gasteiger charge is -2.19. The lowest BCUT2D eigenvalue weighted by molar-refractivity contribution is 0.398. The monoisotopic (exact) mass is 286 g/mol. The molecule has 0 saturated heterocycles. The van der Waals surface area contributed by atoms with Gasteiger partial charge in [0.1, 0.15) is 0 Å². The predicted octanol–water partition coefficient (Wildman–Crippen LogP) is 2.61. The molecule has 5 heteroatoms. The van der Waals surface area contributed by atoms with Crippen LogP contribution in [0, 0.1) is 0 Å². The third kappa shape index (κ3) is 4.27. The maximum Gasteiger partial charge on any atom is 0.215 e. The van der Waals surface area contributed by atoms with Crippen LogP contribution in [0.25, 0.3) is 0 Å². The molecule has 0 bridgehead atoms. The number of benzene rings is 1. The van der Waals surface area contributed by atoms with Crippen LogP contribution in [-0.2, 0) is 0 Å². The number of nitrogen functional groups attached to an aromatic ring is 1. The van der Waals surface area contributed by atoms with Crippen molar-refractivity contribution in [1.29, 1.82) is 0 Å². The van der Waals surface area contributed by atoms with Crippen molar-refractivity contribution in [3.8, 4) is 5.88 Å². The highest BCUT2D eigenvalue weighted by Crippen LogP contribution is 2.19. The molecule has 2 aromatic rings. The maximum absolute atomic E-state index is 5.89. The van der Waals surface area contributed by atoms with Gasteiger partial charge in [0, 0.05) is 31.9 Å². The first-order chi connectivity index (χ1) is 10.2. The van der Waals surface area contributed by atoms with E-state index in [1.807, 2.05) is 18.2 Å². The van der Waals surface area contributed by atoms with E-state index in [0.29, 0.717) is 17.4 Å². The summed E-state index contributed by atoms with van der Waals surface area (Å²) in [5.74, 6) is 1.24. The van der Waals surface area contributed by atoms with Gasteiger partial charge in [0.15, 0.2) is 5.82 Å². The zero-order chi connectivity index (χ0) is 15.1. The minimum Gasteiger partial charge on any atom is -0.481 e. The van der Waals surface area contributed by atoms with Gasteiger partial charge in [-0.3, -0.25) is 0 Å². The Kier molecular flexibility index (Phi) is 5.26. The third-order valence-electron chi connectivity index (χ3n) is 3.27. The third-order valence-corrected chi connectivity index (χ3v) is 3.27. The smallest absolute Gasteiger partial charge is 0.215 e. The van der Waals surface area contributed by atoms with Gasteiger partial charge in [-0.1, -0.05) is 18.2 Å². The van der Waals surface area contributed by atoms with Crippen LogP contribution >= 0.6 is 0 Å². The van der Waals surface area contributed by atoms with Crippen LogP contribution in [-0.4, -0.2) is 32.2 Å². The Morgan fingerprint density at radius 2 is 1.95 bits per heavy atom. The standard InChI is InChI=1S/C16H22N4O/c1-20(13-7-4-3-5-8-13)12-6-11-18-16-14(17)9-10-15(19-16)21-2/h3-5,7-10H,6,11-12,17H2,1-2H3,(H,18,19). The molecule has 1 aromatic heterocycles. The number of hydrogen-bond donors (Lipinski definition) is 2. The van der Waals surface area contributed by atoms with E-state index in [-0.39, 0.29) is 0 Å². The van der Waals surface area contributed by atoms with Crippen LogP contribution in [0.3, 0.4) is 0 Å². The summed E-state index contributed by atoms with van der Waals surface area (Å²) in [6.07, 6.45) is 0.990. The second-order valence-electron chi connectivity index (χ2n) is 4.83. The van der Waals surface area contributed by atoms with Gasteiger partial charge in [-0.05, 0) is 24.6 Å². The van der Waals surface area contributed by atoms with E-state index in [4.69, 9.17) is 10.5 Å². The normalized spacial score (nSPS) is 10.2. The molecule has 0 amide bonds. The van der Waals surface area contributed by atoms with E-state index in [9.17, 15) is 0 Å². The number of ether oxygens (including phenoxy) is 1. The van der Waals surface area contributed by atoms with E-state index in [1.165, 1.54) is 5.69 Å². The fourth-order valence-corrected chi connectivity index (χ4v) is 2.04. The molecule has 0 fully saturated rings. The second kappa shape index (κ2) is 7.38. The summed E-state index contributed by atoms with van der Waals surface area (Å²) < 4.78 is 5.10. The maximum atomic E-state index is 5.89. The lowest BCUT2D eigenvalue weighted by Crippen LogP contribution is -2.21. The highest BCUT2D eigenvalue weighted by molar-refractivity contribution is 5.61. The van der Waals surface area contributed by atoms with Crippen molar-refractivity contribution in [1.82, 2.24) is 4.98 Å². The average Bonchev–Trinajstić information content (AvgIpc) is 2.53. The van der Waals surface area contributed by atoms with E-state index < -0.39 is 0 Å². The number of nitrogens with two attached hydrogens (primary N) is 1. The van der Waals surface area contributed by atoms with Crippen LogP contribution < -0.4 is 20.7 Å². The minimum atomic E-state index is 0.563. The van der Waals surface area contributed by atoms with E-state index in [0.717, 1.165) is 19.5 Å². The Labute approximate surface area is 125 Å². The molecular formula is C16H22N4O. The number of methoxy groups -OCH3 is 1. The summed E-state index contributed by atoms with van der Waals surface area (Å²) in [6, 6.07) is 13.9. The minimum absolute atomic E-state index is 0.563. The van der Waals surface area contributed by atoms with Crippen LogP contribution in [0.15, 0.2) is 42.5 Å². The van der Waals surface area contributed by atoms with Gasteiger partial charge in [-0.2, -0.15) is 4.98 Å². The van der Waals surface area contributed by atoms with Crippen LogP contribution in [0.2, 0.25) is 0 Å². The predicted molar refractivity (Wildman–Crippen MR) is 88.0 cm³/mol. The Bertz CT molecular complexity index is 559. The summed E-state index contributed by atoms with van der Waals surface area (Å²) in [6.45, 7) is 1.77. The van der Waals surface area contributed by atoms with Gasteiger partial charge < -0.3 is 20.7 Å². The van der Waals surface area contributed by atoms with Crippen LogP contribution in [0.4, 0.5) is 17.2 Å². The Morgan fingerprint density at radius 1 is 1.19 bits per heavy atom. The summed E-state index contributed by atoms with van der Waals surface area (Å²) >= 11 is 0. The quantitative estimate of drug-likeness (QED) is 0.766. The molecule has 0 aliphatic rings. The molecule has 2 rings (SSSR count). The topological polar surface area (TPSA) is 63.4 Å². The summed E-state index contributed by atoms with van der Waals surface area (Å²) in [4.78, 5) is 6.52. The molecule has 0 aliphatic carbocycles. The molecule has 3 N–H and O–H groups in total. The van der Waals surface area contributed by atoms with Crippen molar-refractivity contribution in [2.45, 2.75) is 6.42 Å². The van der Waals surface area contributed by atoms with Gasteiger partial charge in [0.05, 0.1) is 12.8 Å². The Hall–Kier alpha value is -2.43. The molecule has 112 valence electrons. The zero-order valence-electron chi connectivity index (χ0n) is 12.5. The number of rotatable bonds is 7. The van der Waals surface area contributed by atoms with Crippen LogP contribution in [0.5, 0.6) is 5.88 Å². The van der Waals surface area contributed by atoms with E-state index in [2.05, 4.69) is 34.4 Å². The molecule has 0 unspecified atom stereocenters. The van der Waals surface area contributed by atoms with Gasteiger partial charge in [-0.25, -0.2) is 0 Å². The zero-order valence-corrected chi connectivity index (χ0v) is 12.5. The molecule has 21 heavy (non-hydrogen) atoms. The van der Waals surface area contributed by atoms with Crippen molar-refractivity contribution in [2.24, 2.45) is 0 Å². The number of hydrogen-bond acceptors (Lipinski definition) is 5. The molecule has 0 spiro atoms. The Morgan fingerprint density at radius 3 is 2.67 bits per heavy atom. The van der Waals surface area contributed by atoms with Gasteiger partial charge in [-0.15, -0.1) is 0 Å². The first-order valence-corrected chi connectivity index (χ1v) is 7.01. The fourth-order valence-electron chi connectivity index (χ4n) is 2.04. The molecule has 0 atom stereocenters. The van der Waals surface area contributed by atoms with Crippen molar-refractivity contribution < 1.29 is 4.74 Å². The largest absolute Gasteiger partial charge is 0.481 e. The fraction of sp³-hybridized carbons (Fsp3) is 0.312. The number of pyridine rings is 1. The van der Waals surface area contributed by atoms with E-state index >= 15 is 0 Å². The number of nitrogens with one attached hydrogen (secondary N) is 1. The van der Waals surface area contributed by atoms with Gasteiger partial charge in [0.25, 0.3) is 0 Å². The van der Waals surface area contributed by atoms with Crippen molar-refractivity contribution in [3.05, 3.63) is 42.5 Å². The van der Waals surface area contributed by atoms with Crippen LogP contribution in [0.1, 0.15) is 6.42 Å². The molecular weight excluding hydrogens is 264 g/mol. The first kappa shape index (κ1) is 15.0. The average molecular weight is 286 g/mol. The number of anilines is 3. The summed E-state index contributed by atoms with van der Waals surface area (Å²) in [7, 11) is 3.69. The molecule has 0 saturated carbocycles. The summed E-state index contributed by atoms with van der Waals surface area (Å²) in [5, 5.41) is 3.25. The first-order valence-electron chi connectivity index (χ1n) is 7.01. The van der Waals surface area contributed by atoms with Crippen molar-refractivity contribution >= 4 is 17.2 Å². The highest BCUT2D eigenvalue weighted by atomic mass is 16.5. The van der Waals surface area contributed by atoms with E-state index in [1.54, 1.807) is 19.2 Å². The lowest BCUT2D eigenvalue weighted by atomic mass is 10.3. The van der Waals surface area contributed by atoms with Crippen molar-refractivity contribution in [3.63, 3.8) is 0 Å². The molecule has 5 nitrogen and oxygen atoms in total. The highest BCUT2D eigenvalue weighted by Gasteiger charge is 2.03. The molecule has 1 heterocycles. The molecule has 0 radical (unpaired) electrons. The Balaban J connectivity index is 1.80. The number of para-hydroxylation sites is 1. The summed E-state index contributed by atoms with van der Waals surface area (Å²) in [5.41, 5.74) is 7.74. The van der Waals surface area contributed by atoms with Crippen molar-refractivity contribution in [2.75, 3.05) is 43.2 Å². The van der Waals surface area contributed by atoms with Gasteiger partial charge >= 0.3 is 0 Å².